The Kier molecular flexibility index (Phi) is 6.19. The van der Waals surface area contributed by atoms with Gasteiger partial charge in [-0.3, -0.25) is 9.36 Å². The summed E-state index contributed by atoms with van der Waals surface area (Å²) in [5, 5.41) is 12.6. The Morgan fingerprint density at radius 1 is 1.10 bits per heavy atom. The van der Waals surface area contributed by atoms with Gasteiger partial charge in [-0.25, -0.2) is 0 Å². The number of thioether (sulfide) groups is 1. The summed E-state index contributed by atoms with van der Waals surface area (Å²) in [7, 11) is 0. The Bertz CT molecular complexity index is 1030. The van der Waals surface area contributed by atoms with Gasteiger partial charge in [0.05, 0.1) is 11.8 Å². The number of carbonyl (C=O) groups excluding carboxylic acids is 1. The summed E-state index contributed by atoms with van der Waals surface area (Å²) in [6.45, 7) is 9.22. The molecule has 1 amide bonds. The first-order valence-electron chi connectivity index (χ1n) is 10.9. The number of nitrogens with zero attached hydrogens (tertiary/aromatic N) is 3. The van der Waals surface area contributed by atoms with Crippen LogP contribution >= 0.6 is 11.8 Å². The normalized spacial score (nSPS) is 15.0. The fourth-order valence-corrected chi connectivity index (χ4v) is 4.23. The molecule has 1 aliphatic carbocycles. The molecule has 0 saturated heterocycles. The Hall–Kier alpha value is -2.60. The van der Waals surface area contributed by atoms with E-state index in [2.05, 4.69) is 77.3 Å². The average Bonchev–Trinajstić information content (AvgIpc) is 3.48. The van der Waals surface area contributed by atoms with Crippen molar-refractivity contribution in [3.05, 3.63) is 65.7 Å². The van der Waals surface area contributed by atoms with Crippen LogP contribution < -0.4 is 5.32 Å². The maximum Gasteiger partial charge on any atom is 0.233 e. The third kappa shape index (κ3) is 5.37. The van der Waals surface area contributed by atoms with Gasteiger partial charge in [-0.1, -0.05) is 87.1 Å². The lowest BCUT2D eigenvalue weighted by molar-refractivity contribution is -0.120. The van der Waals surface area contributed by atoms with E-state index >= 15 is 0 Å². The zero-order valence-corrected chi connectivity index (χ0v) is 19.4. The summed E-state index contributed by atoms with van der Waals surface area (Å²) in [5.74, 6) is 0.888. The third-order valence-electron chi connectivity index (χ3n) is 5.48. The number of aromatic nitrogens is 3. The smallest absolute Gasteiger partial charge is 0.233 e. The first-order chi connectivity index (χ1) is 14.8. The van der Waals surface area contributed by atoms with Crippen molar-refractivity contribution in [2.24, 2.45) is 0 Å². The van der Waals surface area contributed by atoms with Crippen molar-refractivity contribution in [3.63, 3.8) is 0 Å². The van der Waals surface area contributed by atoms with Crippen molar-refractivity contribution < 1.29 is 4.79 Å². The summed E-state index contributed by atoms with van der Waals surface area (Å²) < 4.78 is 2.12. The van der Waals surface area contributed by atoms with Gasteiger partial charge in [-0.15, -0.1) is 10.2 Å². The predicted octanol–water partition coefficient (Wildman–Crippen LogP) is 5.05. The molecule has 1 aliphatic rings. The quantitative estimate of drug-likeness (QED) is 0.529. The second-order valence-electron chi connectivity index (χ2n) is 9.25. The Morgan fingerprint density at radius 2 is 1.77 bits per heavy atom. The molecule has 0 bridgehead atoms. The van der Waals surface area contributed by atoms with Gasteiger partial charge in [0, 0.05) is 11.6 Å². The molecular formula is C25H30N4OS. The van der Waals surface area contributed by atoms with Crippen LogP contribution in [-0.4, -0.2) is 32.0 Å². The summed E-state index contributed by atoms with van der Waals surface area (Å²) >= 11 is 1.47. The molecule has 162 valence electrons. The van der Waals surface area contributed by atoms with Crippen molar-refractivity contribution in [2.75, 3.05) is 0 Å². The molecule has 2 aromatic carbocycles. The number of benzene rings is 2. The van der Waals surface area contributed by atoms with Gasteiger partial charge in [-0.05, 0) is 36.3 Å². The van der Waals surface area contributed by atoms with Crippen LogP contribution in [0.15, 0.2) is 59.8 Å². The highest BCUT2D eigenvalue weighted by Gasteiger charge is 2.27. The van der Waals surface area contributed by atoms with Crippen molar-refractivity contribution >= 4 is 17.7 Å². The molecule has 1 N–H and O–H groups in total. The lowest BCUT2D eigenvalue weighted by atomic mass is 9.87. The van der Waals surface area contributed by atoms with Crippen LogP contribution in [-0.2, 0) is 16.8 Å². The molecule has 0 spiro atoms. The number of rotatable bonds is 7. The predicted molar refractivity (Wildman–Crippen MR) is 126 cm³/mol. The summed E-state index contributed by atoms with van der Waals surface area (Å²) in [6, 6.07) is 19.2. The van der Waals surface area contributed by atoms with E-state index in [1.54, 1.807) is 0 Å². The average molecular weight is 435 g/mol. The van der Waals surface area contributed by atoms with E-state index in [1.807, 2.05) is 25.1 Å². The summed E-state index contributed by atoms with van der Waals surface area (Å²) in [5.41, 5.74) is 3.58. The minimum Gasteiger partial charge on any atom is -0.352 e. The largest absolute Gasteiger partial charge is 0.352 e. The second kappa shape index (κ2) is 8.87. The molecule has 1 aromatic heterocycles. The van der Waals surface area contributed by atoms with Crippen LogP contribution in [0.4, 0.5) is 0 Å². The molecule has 1 heterocycles. The van der Waals surface area contributed by atoms with Crippen molar-refractivity contribution in [1.29, 1.82) is 0 Å². The molecule has 1 unspecified atom stereocenters. The fraction of sp³-hybridized carbons (Fsp3) is 0.400. The van der Waals surface area contributed by atoms with Gasteiger partial charge >= 0.3 is 0 Å². The SMILES string of the molecule is CC(Sc1nnc(-c2ccc(C(C)(C)C)cc2)n1Cc1ccccc1)C(=O)NC1CC1. The van der Waals surface area contributed by atoms with E-state index in [0.29, 0.717) is 12.6 Å². The van der Waals surface area contributed by atoms with Crippen molar-refractivity contribution in [3.8, 4) is 11.4 Å². The van der Waals surface area contributed by atoms with E-state index in [4.69, 9.17) is 0 Å². The number of carbonyl (C=O) groups is 1. The monoisotopic (exact) mass is 434 g/mol. The molecule has 1 saturated carbocycles. The van der Waals surface area contributed by atoms with E-state index in [9.17, 15) is 4.79 Å². The maximum absolute atomic E-state index is 12.5. The topological polar surface area (TPSA) is 59.8 Å². The zero-order chi connectivity index (χ0) is 22.0. The molecule has 1 atom stereocenters. The molecule has 31 heavy (non-hydrogen) atoms. The van der Waals surface area contributed by atoms with Gasteiger partial charge in [0.25, 0.3) is 0 Å². The van der Waals surface area contributed by atoms with Crippen LogP contribution in [0.5, 0.6) is 0 Å². The maximum atomic E-state index is 12.5. The number of hydrogen-bond donors (Lipinski definition) is 1. The fourth-order valence-electron chi connectivity index (χ4n) is 3.38. The molecule has 1 fully saturated rings. The highest BCUT2D eigenvalue weighted by molar-refractivity contribution is 8.00. The minimum absolute atomic E-state index is 0.0674. The van der Waals surface area contributed by atoms with Gasteiger partial charge in [-0.2, -0.15) is 0 Å². The van der Waals surface area contributed by atoms with Crippen LogP contribution in [0.3, 0.4) is 0 Å². The van der Waals surface area contributed by atoms with Crippen molar-refractivity contribution in [1.82, 2.24) is 20.1 Å². The molecule has 0 aliphatic heterocycles. The van der Waals surface area contributed by atoms with E-state index in [1.165, 1.54) is 22.9 Å². The van der Waals surface area contributed by atoms with Gasteiger partial charge in [0.2, 0.25) is 5.91 Å². The standard InChI is InChI=1S/C25H30N4OS/c1-17(23(30)26-21-14-15-21)31-24-28-27-22(29(24)16-18-8-6-5-7-9-18)19-10-12-20(13-11-19)25(2,3)4/h5-13,17,21H,14-16H2,1-4H3,(H,26,30). The Labute approximate surface area is 188 Å². The van der Waals surface area contributed by atoms with E-state index in [0.717, 1.165) is 29.4 Å². The molecule has 3 aromatic rings. The molecular weight excluding hydrogens is 404 g/mol. The van der Waals surface area contributed by atoms with Gasteiger partial charge in [0.15, 0.2) is 11.0 Å². The Balaban J connectivity index is 1.63. The van der Waals surface area contributed by atoms with E-state index in [-0.39, 0.29) is 16.6 Å². The molecule has 6 heteroatoms. The van der Waals surface area contributed by atoms with Crippen molar-refractivity contribution in [2.45, 2.75) is 68.9 Å². The molecule has 4 rings (SSSR count). The first kappa shape index (κ1) is 21.6. The van der Waals surface area contributed by atoms with Gasteiger partial charge < -0.3 is 5.32 Å². The highest BCUT2D eigenvalue weighted by atomic mass is 32.2. The lowest BCUT2D eigenvalue weighted by Gasteiger charge is -2.19. The Morgan fingerprint density at radius 3 is 2.39 bits per heavy atom. The minimum atomic E-state index is -0.226. The molecule has 0 radical (unpaired) electrons. The van der Waals surface area contributed by atoms with Crippen LogP contribution in [0.2, 0.25) is 0 Å². The summed E-state index contributed by atoms with van der Waals surface area (Å²) in [4.78, 5) is 12.5. The highest BCUT2D eigenvalue weighted by Crippen LogP contribution is 2.30. The first-order valence-corrected chi connectivity index (χ1v) is 11.7. The number of nitrogens with one attached hydrogen (secondary N) is 1. The summed E-state index contributed by atoms with van der Waals surface area (Å²) in [6.07, 6.45) is 2.17. The van der Waals surface area contributed by atoms with Crippen LogP contribution in [0, 0.1) is 0 Å². The number of hydrogen-bond acceptors (Lipinski definition) is 4. The van der Waals surface area contributed by atoms with Crippen LogP contribution in [0.1, 0.15) is 51.7 Å². The van der Waals surface area contributed by atoms with Gasteiger partial charge in [0.1, 0.15) is 0 Å². The second-order valence-corrected chi connectivity index (χ2v) is 10.6. The lowest BCUT2D eigenvalue weighted by Crippen LogP contribution is -2.32. The number of amides is 1. The van der Waals surface area contributed by atoms with E-state index < -0.39 is 0 Å². The third-order valence-corrected chi connectivity index (χ3v) is 6.57. The molecule has 5 nitrogen and oxygen atoms in total. The zero-order valence-electron chi connectivity index (χ0n) is 18.6. The van der Waals surface area contributed by atoms with Crippen LogP contribution in [0.25, 0.3) is 11.4 Å².